The van der Waals surface area contributed by atoms with Gasteiger partial charge in [-0.1, -0.05) is 18.2 Å². The first kappa shape index (κ1) is 9.66. The Morgan fingerprint density at radius 3 is 2.79 bits per heavy atom. The van der Waals surface area contributed by atoms with E-state index < -0.39 is 0 Å². The fourth-order valence-electron chi connectivity index (χ4n) is 1.68. The van der Waals surface area contributed by atoms with Crippen LogP contribution in [0.3, 0.4) is 0 Å². The predicted octanol–water partition coefficient (Wildman–Crippen LogP) is 3.60. The molecule has 0 amide bonds. The lowest BCUT2D eigenvalue weighted by Gasteiger charge is -2.09. The van der Waals surface area contributed by atoms with E-state index in [-0.39, 0.29) is 0 Å². The van der Waals surface area contributed by atoms with Crippen LogP contribution in [0.1, 0.15) is 12.8 Å². The van der Waals surface area contributed by atoms with Gasteiger partial charge in [0.15, 0.2) is 0 Å². The van der Waals surface area contributed by atoms with Crippen LogP contribution in [-0.2, 0) is 0 Å². The highest BCUT2D eigenvalue weighted by Crippen LogP contribution is 2.39. The van der Waals surface area contributed by atoms with Gasteiger partial charge in [-0.15, -0.1) is 11.8 Å². The number of aromatic nitrogens is 1. The van der Waals surface area contributed by atoms with Crippen LogP contribution in [0.2, 0.25) is 0 Å². The van der Waals surface area contributed by atoms with Crippen molar-refractivity contribution in [3.05, 3.63) is 47.7 Å². The van der Waals surface area contributed by atoms with Crippen LogP contribution in [0.15, 0.2) is 47.7 Å². The van der Waals surface area contributed by atoms with Crippen LogP contribution < -0.4 is 0 Å². The minimum absolute atomic E-state index is 0.903. The first-order valence-electron chi connectivity index (χ1n) is 5.04. The fraction of sp³-hybridized carbons (Fsp3) is 0.333. The summed E-state index contributed by atoms with van der Waals surface area (Å²) in [5.41, 5.74) is 0. The molecule has 1 fully saturated rings. The molecule has 0 aromatic carbocycles. The standard InChI is InChI=1S/C8H10S.C4H5N/c1-2-4-8-7(3-1)5-6-9-8;1-2-4-5-3-1/h1-2,4,7H,3,5-6H2;1-5H. The molecular formula is C12H15NS. The van der Waals surface area contributed by atoms with Crippen LogP contribution in [0, 0.1) is 5.92 Å². The minimum atomic E-state index is 0.903. The Morgan fingerprint density at radius 2 is 2.14 bits per heavy atom. The number of hydrogen-bond donors (Lipinski definition) is 1. The maximum Gasteiger partial charge on any atom is 0.000496 e. The van der Waals surface area contributed by atoms with E-state index in [1.54, 1.807) is 4.91 Å². The second-order valence-corrected chi connectivity index (χ2v) is 4.62. The summed E-state index contributed by atoms with van der Waals surface area (Å²) in [7, 11) is 0. The van der Waals surface area contributed by atoms with Crippen LogP contribution in [-0.4, -0.2) is 10.7 Å². The molecule has 0 spiro atoms. The molecule has 1 aromatic heterocycles. The van der Waals surface area contributed by atoms with E-state index in [2.05, 4.69) is 23.2 Å². The number of H-pyrrole nitrogens is 1. The number of fused-ring (bicyclic) bond motifs is 1. The molecule has 1 aromatic rings. The quantitative estimate of drug-likeness (QED) is 0.684. The SMILES string of the molecule is C1=CCC2CCSC2=C1.c1cc[nH]c1. The third-order valence-electron chi connectivity index (χ3n) is 2.45. The second kappa shape index (κ2) is 5.11. The molecule has 74 valence electrons. The summed E-state index contributed by atoms with van der Waals surface area (Å²) < 4.78 is 0. The van der Waals surface area contributed by atoms with Crippen molar-refractivity contribution in [2.45, 2.75) is 12.8 Å². The van der Waals surface area contributed by atoms with Crippen LogP contribution in [0.25, 0.3) is 0 Å². The molecule has 0 saturated carbocycles. The molecule has 2 heteroatoms. The lowest BCUT2D eigenvalue weighted by atomic mass is 9.98. The van der Waals surface area contributed by atoms with E-state index in [0.717, 1.165) is 5.92 Å². The van der Waals surface area contributed by atoms with E-state index in [0.29, 0.717) is 0 Å². The van der Waals surface area contributed by atoms with Crippen LogP contribution in [0.4, 0.5) is 0 Å². The zero-order chi connectivity index (χ0) is 9.64. The van der Waals surface area contributed by atoms with Crippen molar-refractivity contribution in [3.63, 3.8) is 0 Å². The molecule has 2 heterocycles. The average molecular weight is 205 g/mol. The zero-order valence-electron chi connectivity index (χ0n) is 8.15. The van der Waals surface area contributed by atoms with E-state index in [4.69, 9.17) is 0 Å². The van der Waals surface area contributed by atoms with Crippen molar-refractivity contribution in [1.29, 1.82) is 0 Å². The van der Waals surface area contributed by atoms with Gasteiger partial charge in [0.25, 0.3) is 0 Å². The summed E-state index contributed by atoms with van der Waals surface area (Å²) in [5.74, 6) is 2.25. The summed E-state index contributed by atoms with van der Waals surface area (Å²) in [4.78, 5) is 4.48. The smallest absolute Gasteiger partial charge is 0.000496 e. The Bertz CT molecular complexity index is 294. The number of rotatable bonds is 0. The van der Waals surface area contributed by atoms with Crippen molar-refractivity contribution in [1.82, 2.24) is 4.98 Å². The summed E-state index contributed by atoms with van der Waals surface area (Å²) in [6.07, 6.45) is 13.2. The fourth-order valence-corrected chi connectivity index (χ4v) is 2.94. The number of hydrogen-bond acceptors (Lipinski definition) is 1. The van der Waals surface area contributed by atoms with Gasteiger partial charge in [0.2, 0.25) is 0 Å². The molecule has 1 N–H and O–H groups in total. The molecule has 0 bridgehead atoms. The van der Waals surface area contributed by atoms with E-state index in [1.165, 1.54) is 18.6 Å². The van der Waals surface area contributed by atoms with Crippen molar-refractivity contribution in [2.24, 2.45) is 5.92 Å². The van der Waals surface area contributed by atoms with Gasteiger partial charge in [0.1, 0.15) is 0 Å². The Hall–Kier alpha value is -0.890. The summed E-state index contributed by atoms with van der Waals surface area (Å²) in [5, 5.41) is 0. The number of allylic oxidation sites excluding steroid dienone is 4. The van der Waals surface area contributed by atoms with Gasteiger partial charge >= 0.3 is 0 Å². The molecular weight excluding hydrogens is 190 g/mol. The largest absolute Gasteiger partial charge is 0.368 e. The summed E-state index contributed by atoms with van der Waals surface area (Å²) in [6.45, 7) is 0. The van der Waals surface area contributed by atoms with E-state index >= 15 is 0 Å². The molecule has 2 aliphatic rings. The van der Waals surface area contributed by atoms with E-state index in [9.17, 15) is 0 Å². The molecule has 0 radical (unpaired) electrons. The normalized spacial score (nSPS) is 23.4. The summed E-state index contributed by atoms with van der Waals surface area (Å²) >= 11 is 2.04. The molecule has 14 heavy (non-hydrogen) atoms. The molecule has 1 atom stereocenters. The zero-order valence-corrected chi connectivity index (χ0v) is 8.96. The highest BCUT2D eigenvalue weighted by molar-refractivity contribution is 8.03. The maximum atomic E-state index is 2.86. The number of thioether (sulfide) groups is 1. The van der Waals surface area contributed by atoms with Crippen molar-refractivity contribution in [3.8, 4) is 0 Å². The third kappa shape index (κ3) is 2.55. The van der Waals surface area contributed by atoms with Crippen molar-refractivity contribution >= 4 is 11.8 Å². The second-order valence-electron chi connectivity index (χ2n) is 3.45. The lowest BCUT2D eigenvalue weighted by molar-refractivity contribution is 0.647. The van der Waals surface area contributed by atoms with Gasteiger partial charge in [0.05, 0.1) is 0 Å². The van der Waals surface area contributed by atoms with E-state index in [1.807, 2.05) is 36.3 Å². The first-order valence-corrected chi connectivity index (χ1v) is 6.02. The molecule has 3 rings (SSSR count). The molecule has 1 aliphatic carbocycles. The molecule has 1 nitrogen and oxygen atoms in total. The number of nitrogens with one attached hydrogen (secondary N) is 1. The van der Waals surface area contributed by atoms with Crippen molar-refractivity contribution in [2.75, 3.05) is 5.75 Å². The monoisotopic (exact) mass is 205 g/mol. The average Bonchev–Trinajstić information content (AvgIpc) is 2.92. The van der Waals surface area contributed by atoms with Gasteiger partial charge in [-0.3, -0.25) is 0 Å². The third-order valence-corrected chi connectivity index (χ3v) is 3.69. The minimum Gasteiger partial charge on any atom is -0.368 e. The molecule has 1 unspecified atom stereocenters. The molecule has 1 aliphatic heterocycles. The summed E-state index contributed by atoms with van der Waals surface area (Å²) in [6, 6.07) is 3.89. The topological polar surface area (TPSA) is 15.8 Å². The Balaban J connectivity index is 0.000000128. The first-order chi connectivity index (χ1) is 6.97. The van der Waals surface area contributed by atoms with Crippen LogP contribution >= 0.6 is 11.8 Å². The predicted molar refractivity (Wildman–Crippen MR) is 63.2 cm³/mol. The molecule has 1 saturated heterocycles. The Morgan fingerprint density at radius 1 is 1.29 bits per heavy atom. The van der Waals surface area contributed by atoms with Gasteiger partial charge in [0, 0.05) is 12.4 Å². The lowest BCUT2D eigenvalue weighted by Crippen LogP contribution is -1.95. The van der Waals surface area contributed by atoms with Gasteiger partial charge in [-0.25, -0.2) is 0 Å². The number of aromatic amines is 1. The Labute approximate surface area is 89.3 Å². The van der Waals surface area contributed by atoms with Gasteiger partial charge in [-0.05, 0) is 41.6 Å². The van der Waals surface area contributed by atoms with Gasteiger partial charge in [-0.2, -0.15) is 0 Å². The Kier molecular flexibility index (Phi) is 3.52. The van der Waals surface area contributed by atoms with Crippen LogP contribution in [0.5, 0.6) is 0 Å². The van der Waals surface area contributed by atoms with Crippen molar-refractivity contribution < 1.29 is 0 Å². The maximum absolute atomic E-state index is 2.86. The van der Waals surface area contributed by atoms with Gasteiger partial charge < -0.3 is 4.98 Å². The highest BCUT2D eigenvalue weighted by Gasteiger charge is 2.20. The highest BCUT2D eigenvalue weighted by atomic mass is 32.2.